The summed E-state index contributed by atoms with van der Waals surface area (Å²) in [7, 11) is 0. The summed E-state index contributed by atoms with van der Waals surface area (Å²) in [5.74, 6) is 0.0421. The molecule has 11 nitrogen and oxygen atoms in total. The standard InChI is InChI=1S/C25H36N8O3/c1-25(2,27)22(34)31-13-15-32(16-14-31)23(35)28-21-9-12-33(24(36)29-21)20-5-3-18(4-6-20)7-10-30-11-8-19(26)17-30/h3-6,9,12,19H,7-8,10-11,13-17,26-27H2,1-2H3,(H,28,29,35,36)/t19-/m0/s1. The number of aromatic nitrogens is 2. The van der Waals surface area contributed by atoms with Crippen molar-refractivity contribution in [3.8, 4) is 5.69 Å². The van der Waals surface area contributed by atoms with E-state index in [0.29, 0.717) is 31.9 Å². The second kappa shape index (κ2) is 10.8. The summed E-state index contributed by atoms with van der Waals surface area (Å²) >= 11 is 0. The molecule has 194 valence electrons. The van der Waals surface area contributed by atoms with E-state index in [1.54, 1.807) is 35.9 Å². The molecule has 0 radical (unpaired) electrons. The summed E-state index contributed by atoms with van der Waals surface area (Å²) in [4.78, 5) is 47.3. The maximum absolute atomic E-state index is 12.6. The van der Waals surface area contributed by atoms with Crippen molar-refractivity contribution < 1.29 is 9.59 Å². The molecular formula is C25H36N8O3. The Morgan fingerprint density at radius 3 is 2.31 bits per heavy atom. The summed E-state index contributed by atoms with van der Waals surface area (Å²) in [6.07, 6.45) is 3.58. The fraction of sp³-hybridized carbons (Fsp3) is 0.520. The van der Waals surface area contributed by atoms with Crippen LogP contribution in [0.15, 0.2) is 41.3 Å². The minimum Gasteiger partial charge on any atom is -0.338 e. The Morgan fingerprint density at radius 1 is 1.06 bits per heavy atom. The van der Waals surface area contributed by atoms with Crippen LogP contribution < -0.4 is 22.5 Å². The lowest BCUT2D eigenvalue weighted by molar-refractivity contribution is -0.137. The van der Waals surface area contributed by atoms with Gasteiger partial charge in [0.15, 0.2) is 0 Å². The van der Waals surface area contributed by atoms with Gasteiger partial charge in [-0.25, -0.2) is 9.59 Å². The number of benzene rings is 1. The van der Waals surface area contributed by atoms with Crippen LogP contribution in [0.4, 0.5) is 10.6 Å². The number of piperazine rings is 1. The number of urea groups is 1. The highest BCUT2D eigenvalue weighted by molar-refractivity contribution is 5.89. The van der Waals surface area contributed by atoms with Crippen LogP contribution in [0.1, 0.15) is 25.8 Å². The van der Waals surface area contributed by atoms with Crippen molar-refractivity contribution in [1.29, 1.82) is 0 Å². The summed E-state index contributed by atoms with van der Waals surface area (Å²) in [6.45, 7) is 7.87. The van der Waals surface area contributed by atoms with E-state index in [2.05, 4.69) is 15.2 Å². The second-order valence-electron chi connectivity index (χ2n) is 10.2. The van der Waals surface area contributed by atoms with E-state index in [-0.39, 0.29) is 23.8 Å². The Labute approximate surface area is 211 Å². The van der Waals surface area contributed by atoms with E-state index in [1.807, 2.05) is 24.3 Å². The van der Waals surface area contributed by atoms with Crippen LogP contribution in [0.3, 0.4) is 0 Å². The molecule has 3 amide bonds. The molecule has 36 heavy (non-hydrogen) atoms. The van der Waals surface area contributed by atoms with Crippen LogP contribution in [-0.4, -0.2) is 93.6 Å². The number of nitrogens with one attached hydrogen (secondary N) is 1. The Bertz CT molecular complexity index is 1130. The molecule has 2 fully saturated rings. The molecule has 4 rings (SSSR count). The molecule has 0 spiro atoms. The number of hydrogen-bond donors (Lipinski definition) is 3. The van der Waals surface area contributed by atoms with Crippen LogP contribution in [0.25, 0.3) is 5.69 Å². The topological polar surface area (TPSA) is 143 Å². The number of carbonyl (C=O) groups is 2. The highest BCUT2D eigenvalue weighted by Gasteiger charge is 2.31. The quantitative estimate of drug-likeness (QED) is 0.519. The SMILES string of the molecule is CC(C)(N)C(=O)N1CCN(C(=O)Nc2ccn(-c3ccc(CCN4CC[C@H](N)C4)cc3)c(=O)n2)CC1. The number of nitrogens with two attached hydrogens (primary N) is 2. The van der Waals surface area contributed by atoms with Gasteiger partial charge < -0.3 is 26.2 Å². The first-order valence-corrected chi connectivity index (χ1v) is 12.4. The summed E-state index contributed by atoms with van der Waals surface area (Å²) < 4.78 is 1.44. The molecule has 5 N–H and O–H groups in total. The van der Waals surface area contributed by atoms with Crippen LogP contribution >= 0.6 is 0 Å². The average molecular weight is 497 g/mol. The van der Waals surface area contributed by atoms with Crippen LogP contribution in [0, 0.1) is 0 Å². The van der Waals surface area contributed by atoms with E-state index < -0.39 is 11.2 Å². The summed E-state index contributed by atoms with van der Waals surface area (Å²) in [5.41, 5.74) is 12.3. The Hall–Kier alpha value is -3.28. The van der Waals surface area contributed by atoms with Gasteiger partial charge in [-0.3, -0.25) is 14.7 Å². The van der Waals surface area contributed by atoms with Gasteiger partial charge in [-0.1, -0.05) is 12.1 Å². The molecule has 2 aliphatic heterocycles. The normalized spacial score (nSPS) is 18.9. The third kappa shape index (κ3) is 6.28. The van der Waals surface area contributed by atoms with Gasteiger partial charge in [0.1, 0.15) is 5.82 Å². The van der Waals surface area contributed by atoms with E-state index in [0.717, 1.165) is 32.5 Å². The zero-order valence-corrected chi connectivity index (χ0v) is 21.0. The van der Waals surface area contributed by atoms with Crippen molar-refractivity contribution in [2.75, 3.05) is 51.1 Å². The van der Waals surface area contributed by atoms with E-state index in [4.69, 9.17) is 11.5 Å². The minimum atomic E-state index is -0.944. The van der Waals surface area contributed by atoms with Crippen molar-refractivity contribution in [1.82, 2.24) is 24.3 Å². The fourth-order valence-electron chi connectivity index (χ4n) is 4.55. The molecule has 0 aliphatic carbocycles. The van der Waals surface area contributed by atoms with Crippen LogP contribution in [0.5, 0.6) is 0 Å². The molecule has 11 heteroatoms. The summed E-state index contributed by atoms with van der Waals surface area (Å²) in [6, 6.07) is 9.35. The van der Waals surface area contributed by atoms with Crippen LogP contribution in [-0.2, 0) is 11.2 Å². The first-order valence-electron chi connectivity index (χ1n) is 12.4. The number of anilines is 1. The first kappa shape index (κ1) is 25.8. The number of nitrogens with zero attached hydrogens (tertiary/aromatic N) is 5. The van der Waals surface area contributed by atoms with Crippen molar-refractivity contribution in [2.45, 2.75) is 38.3 Å². The lowest BCUT2D eigenvalue weighted by atomic mass is 10.1. The third-order valence-corrected chi connectivity index (χ3v) is 6.68. The highest BCUT2D eigenvalue weighted by Crippen LogP contribution is 2.13. The molecule has 0 unspecified atom stereocenters. The van der Waals surface area contributed by atoms with Crippen LogP contribution in [0.2, 0.25) is 0 Å². The maximum Gasteiger partial charge on any atom is 0.354 e. The monoisotopic (exact) mass is 496 g/mol. The maximum atomic E-state index is 12.6. The first-order chi connectivity index (χ1) is 17.1. The fourth-order valence-corrected chi connectivity index (χ4v) is 4.55. The average Bonchev–Trinajstić information content (AvgIpc) is 3.27. The smallest absolute Gasteiger partial charge is 0.338 e. The third-order valence-electron chi connectivity index (χ3n) is 6.68. The van der Waals surface area contributed by atoms with Gasteiger partial charge in [0, 0.05) is 51.5 Å². The van der Waals surface area contributed by atoms with Crippen molar-refractivity contribution in [2.24, 2.45) is 11.5 Å². The molecule has 1 atom stereocenters. The number of carbonyl (C=O) groups excluding carboxylic acids is 2. The minimum absolute atomic E-state index is 0.141. The van der Waals surface area contributed by atoms with Crippen molar-refractivity contribution in [3.63, 3.8) is 0 Å². The van der Waals surface area contributed by atoms with E-state index in [1.165, 1.54) is 10.1 Å². The largest absolute Gasteiger partial charge is 0.354 e. The zero-order valence-electron chi connectivity index (χ0n) is 21.0. The van der Waals surface area contributed by atoms with Gasteiger partial charge in [-0.2, -0.15) is 4.98 Å². The lowest BCUT2D eigenvalue weighted by Crippen LogP contribution is -2.58. The van der Waals surface area contributed by atoms with Gasteiger partial charge in [0.2, 0.25) is 5.91 Å². The van der Waals surface area contributed by atoms with Crippen molar-refractivity contribution in [3.05, 3.63) is 52.6 Å². The number of rotatable bonds is 6. The van der Waals surface area contributed by atoms with Gasteiger partial charge in [-0.05, 0) is 57.0 Å². The molecule has 0 bridgehead atoms. The molecule has 2 saturated heterocycles. The summed E-state index contributed by atoms with van der Waals surface area (Å²) in [5, 5.41) is 2.68. The van der Waals surface area contributed by atoms with E-state index in [9.17, 15) is 14.4 Å². The molecular weight excluding hydrogens is 460 g/mol. The molecule has 1 aromatic carbocycles. The number of likely N-dealkylation sites (tertiary alicyclic amines) is 1. The van der Waals surface area contributed by atoms with Gasteiger partial charge in [0.05, 0.1) is 11.2 Å². The zero-order chi connectivity index (χ0) is 25.9. The van der Waals surface area contributed by atoms with Gasteiger partial charge >= 0.3 is 11.7 Å². The van der Waals surface area contributed by atoms with Crippen molar-refractivity contribution >= 4 is 17.8 Å². The lowest BCUT2D eigenvalue weighted by Gasteiger charge is -2.37. The number of amides is 3. The second-order valence-corrected chi connectivity index (χ2v) is 10.2. The Morgan fingerprint density at radius 2 is 1.72 bits per heavy atom. The Kier molecular flexibility index (Phi) is 7.72. The number of hydrogen-bond acceptors (Lipinski definition) is 7. The molecule has 2 aromatic rings. The molecule has 3 heterocycles. The van der Waals surface area contributed by atoms with Gasteiger partial charge in [0.25, 0.3) is 0 Å². The predicted molar refractivity (Wildman–Crippen MR) is 138 cm³/mol. The van der Waals surface area contributed by atoms with E-state index >= 15 is 0 Å². The predicted octanol–water partition coefficient (Wildman–Crippen LogP) is 0.221. The molecule has 1 aromatic heterocycles. The van der Waals surface area contributed by atoms with Gasteiger partial charge in [-0.15, -0.1) is 0 Å². The molecule has 2 aliphatic rings. The molecule has 0 saturated carbocycles. The highest BCUT2D eigenvalue weighted by atomic mass is 16.2. The Balaban J connectivity index is 1.31.